The van der Waals surface area contributed by atoms with Gasteiger partial charge in [0.15, 0.2) is 0 Å². The van der Waals surface area contributed by atoms with Crippen molar-refractivity contribution in [3.05, 3.63) is 60.2 Å². The van der Waals surface area contributed by atoms with Crippen LogP contribution in [0.25, 0.3) is 0 Å². The molecule has 2 aromatic rings. The Morgan fingerprint density at radius 1 is 1.04 bits per heavy atom. The van der Waals surface area contributed by atoms with Gasteiger partial charge in [0.25, 0.3) is 5.91 Å². The summed E-state index contributed by atoms with van der Waals surface area (Å²) < 4.78 is 12.3. The number of nitrogens with one attached hydrogen (secondary N) is 2. The Morgan fingerprint density at radius 3 is 2.30 bits per heavy atom. The highest BCUT2D eigenvalue weighted by Gasteiger charge is 2.23. The molecule has 0 aliphatic carbocycles. The van der Waals surface area contributed by atoms with Gasteiger partial charge in [0.1, 0.15) is 6.04 Å². The van der Waals surface area contributed by atoms with Crippen LogP contribution in [-0.2, 0) is 20.4 Å². The molecule has 0 radical (unpaired) electrons. The van der Waals surface area contributed by atoms with Crippen LogP contribution in [0.15, 0.2) is 59.5 Å². The highest BCUT2D eigenvalue weighted by Crippen LogP contribution is 2.15. The SMILES string of the molecule is CC(=O)Nc1ccccc1C(=O)N[C@H](CC[S@@](=O)c1ccccc1)C(=O)O. The average molecular weight is 388 g/mol. The highest BCUT2D eigenvalue weighted by atomic mass is 32.2. The Hall–Kier alpha value is -3.00. The lowest BCUT2D eigenvalue weighted by molar-refractivity contribution is -0.139. The third-order valence-corrected chi connectivity index (χ3v) is 5.09. The van der Waals surface area contributed by atoms with Crippen LogP contribution in [-0.4, -0.2) is 38.9 Å². The molecule has 8 heteroatoms. The molecule has 0 aliphatic rings. The molecule has 7 nitrogen and oxygen atoms in total. The monoisotopic (exact) mass is 388 g/mol. The van der Waals surface area contributed by atoms with Crippen molar-refractivity contribution in [1.29, 1.82) is 0 Å². The Labute approximate surface area is 159 Å². The Bertz CT molecular complexity index is 854. The molecular formula is C19H20N2O5S. The van der Waals surface area contributed by atoms with Gasteiger partial charge in [-0.25, -0.2) is 4.79 Å². The normalized spacial score (nSPS) is 12.6. The van der Waals surface area contributed by atoms with Crippen LogP contribution in [0.5, 0.6) is 0 Å². The second-order valence-electron chi connectivity index (χ2n) is 5.74. The molecule has 0 fully saturated rings. The first-order valence-electron chi connectivity index (χ1n) is 8.22. The van der Waals surface area contributed by atoms with E-state index in [1.54, 1.807) is 48.5 Å². The number of hydrogen-bond donors (Lipinski definition) is 3. The summed E-state index contributed by atoms with van der Waals surface area (Å²) in [5.41, 5.74) is 0.447. The van der Waals surface area contributed by atoms with Crippen molar-refractivity contribution in [3.8, 4) is 0 Å². The minimum absolute atomic E-state index is 0.00484. The molecule has 0 saturated carbocycles. The number of rotatable bonds is 8. The third-order valence-electron chi connectivity index (χ3n) is 3.68. The van der Waals surface area contributed by atoms with Gasteiger partial charge in [-0.3, -0.25) is 13.8 Å². The molecule has 0 unspecified atom stereocenters. The largest absolute Gasteiger partial charge is 0.480 e. The predicted octanol–water partition coefficient (Wildman–Crippen LogP) is 2.03. The second-order valence-corrected chi connectivity index (χ2v) is 7.31. The van der Waals surface area contributed by atoms with E-state index >= 15 is 0 Å². The van der Waals surface area contributed by atoms with E-state index < -0.39 is 28.7 Å². The number of amides is 2. The Kier molecular flexibility index (Phi) is 7.25. The van der Waals surface area contributed by atoms with Gasteiger partial charge >= 0.3 is 5.97 Å². The molecule has 2 aromatic carbocycles. The van der Waals surface area contributed by atoms with Crippen molar-refractivity contribution in [2.45, 2.75) is 24.3 Å². The summed E-state index contributed by atoms with van der Waals surface area (Å²) in [6, 6.07) is 13.8. The van der Waals surface area contributed by atoms with Gasteiger partial charge in [-0.2, -0.15) is 0 Å². The van der Waals surface area contributed by atoms with Crippen LogP contribution in [0.3, 0.4) is 0 Å². The number of carboxylic acid groups (broad SMARTS) is 1. The standard InChI is InChI=1S/C19H20N2O5S/c1-13(22)20-16-10-6-5-9-15(16)18(23)21-17(19(24)25)11-12-27(26)14-7-3-2-4-8-14/h2-10,17H,11-12H2,1H3,(H,20,22)(H,21,23)(H,24,25)/t17-,27-/m1/s1. The van der Waals surface area contributed by atoms with Crippen LogP contribution in [0.1, 0.15) is 23.7 Å². The van der Waals surface area contributed by atoms with E-state index in [-0.39, 0.29) is 23.6 Å². The number of aliphatic carboxylic acids is 1. The minimum Gasteiger partial charge on any atom is -0.480 e. The van der Waals surface area contributed by atoms with Gasteiger partial charge in [-0.1, -0.05) is 30.3 Å². The van der Waals surface area contributed by atoms with Crippen molar-refractivity contribution in [3.63, 3.8) is 0 Å². The van der Waals surface area contributed by atoms with Crippen LogP contribution in [0.2, 0.25) is 0 Å². The Morgan fingerprint density at radius 2 is 1.67 bits per heavy atom. The maximum Gasteiger partial charge on any atom is 0.326 e. The van der Waals surface area contributed by atoms with E-state index in [4.69, 9.17) is 0 Å². The molecule has 0 heterocycles. The first-order chi connectivity index (χ1) is 12.9. The lowest BCUT2D eigenvalue weighted by atomic mass is 10.1. The zero-order valence-corrected chi connectivity index (χ0v) is 15.5. The molecule has 0 spiro atoms. The maximum absolute atomic E-state index is 12.5. The number of para-hydroxylation sites is 1. The van der Waals surface area contributed by atoms with Crippen molar-refractivity contribution < 1.29 is 23.7 Å². The molecule has 0 saturated heterocycles. The summed E-state index contributed by atoms with van der Waals surface area (Å²) in [6.45, 7) is 1.31. The lowest BCUT2D eigenvalue weighted by Gasteiger charge is -2.16. The first kappa shape index (κ1) is 20.3. The van der Waals surface area contributed by atoms with Crippen LogP contribution in [0.4, 0.5) is 5.69 Å². The molecule has 2 amide bonds. The molecule has 142 valence electrons. The molecule has 0 aliphatic heterocycles. The summed E-state index contributed by atoms with van der Waals surface area (Å²) in [7, 11) is -1.36. The fourth-order valence-corrected chi connectivity index (χ4v) is 3.53. The van der Waals surface area contributed by atoms with Crippen molar-refractivity contribution >= 4 is 34.3 Å². The number of carboxylic acids is 1. The van der Waals surface area contributed by atoms with E-state index in [9.17, 15) is 23.7 Å². The summed E-state index contributed by atoms with van der Waals surface area (Å²) in [6.07, 6.45) is 0.00484. The molecule has 0 aromatic heterocycles. The number of carbonyl (C=O) groups excluding carboxylic acids is 2. The van der Waals surface area contributed by atoms with Gasteiger partial charge in [-0.05, 0) is 30.7 Å². The Balaban J connectivity index is 2.06. The minimum atomic E-state index is -1.36. The molecule has 2 rings (SSSR count). The summed E-state index contributed by atoms with van der Waals surface area (Å²) >= 11 is 0. The zero-order valence-electron chi connectivity index (χ0n) is 14.7. The third kappa shape index (κ3) is 6.03. The highest BCUT2D eigenvalue weighted by molar-refractivity contribution is 7.85. The van der Waals surface area contributed by atoms with E-state index in [2.05, 4.69) is 10.6 Å². The van der Waals surface area contributed by atoms with Gasteiger partial charge in [0.2, 0.25) is 5.91 Å². The average Bonchev–Trinajstić information content (AvgIpc) is 2.65. The topological polar surface area (TPSA) is 113 Å². The van der Waals surface area contributed by atoms with E-state index in [1.807, 2.05) is 0 Å². The second kappa shape index (κ2) is 9.63. The predicted molar refractivity (Wildman–Crippen MR) is 102 cm³/mol. The van der Waals surface area contributed by atoms with E-state index in [0.717, 1.165) is 0 Å². The molecule has 0 bridgehead atoms. The van der Waals surface area contributed by atoms with Crippen molar-refractivity contribution in [2.75, 3.05) is 11.1 Å². The number of benzene rings is 2. The van der Waals surface area contributed by atoms with Gasteiger partial charge in [-0.15, -0.1) is 0 Å². The fraction of sp³-hybridized carbons (Fsp3) is 0.211. The van der Waals surface area contributed by atoms with E-state index in [1.165, 1.54) is 13.0 Å². The van der Waals surface area contributed by atoms with Crippen LogP contribution >= 0.6 is 0 Å². The fourth-order valence-electron chi connectivity index (χ4n) is 2.39. The summed E-state index contributed by atoms with van der Waals surface area (Å²) in [5, 5.41) is 14.3. The molecule has 3 N–H and O–H groups in total. The van der Waals surface area contributed by atoms with Gasteiger partial charge < -0.3 is 15.7 Å². The van der Waals surface area contributed by atoms with E-state index in [0.29, 0.717) is 10.6 Å². The smallest absolute Gasteiger partial charge is 0.326 e. The quantitative estimate of drug-likeness (QED) is 0.640. The zero-order chi connectivity index (χ0) is 19.8. The van der Waals surface area contributed by atoms with Gasteiger partial charge in [0, 0.05) is 17.6 Å². The summed E-state index contributed by atoms with van der Waals surface area (Å²) in [4.78, 5) is 35.8. The molecule has 2 atom stereocenters. The van der Waals surface area contributed by atoms with Crippen LogP contribution < -0.4 is 10.6 Å². The number of hydrogen-bond acceptors (Lipinski definition) is 4. The summed E-state index contributed by atoms with van der Waals surface area (Å²) in [5.74, 6) is -2.10. The van der Waals surface area contributed by atoms with Crippen molar-refractivity contribution in [2.24, 2.45) is 0 Å². The number of anilines is 1. The van der Waals surface area contributed by atoms with Crippen molar-refractivity contribution in [1.82, 2.24) is 5.32 Å². The van der Waals surface area contributed by atoms with Gasteiger partial charge in [0.05, 0.1) is 22.1 Å². The molecule has 27 heavy (non-hydrogen) atoms. The lowest BCUT2D eigenvalue weighted by Crippen LogP contribution is -2.41. The first-order valence-corrected chi connectivity index (χ1v) is 9.54. The molecular weight excluding hydrogens is 368 g/mol. The number of carbonyl (C=O) groups is 3. The maximum atomic E-state index is 12.5. The van der Waals surface area contributed by atoms with Crippen LogP contribution in [0, 0.1) is 0 Å².